The van der Waals surface area contributed by atoms with Crippen LogP contribution >= 0.6 is 0 Å². The van der Waals surface area contributed by atoms with E-state index in [1.165, 1.54) is 32.4 Å². The Morgan fingerprint density at radius 1 is 1.05 bits per heavy atom. The van der Waals surface area contributed by atoms with Crippen LogP contribution in [0.2, 0.25) is 0 Å². The van der Waals surface area contributed by atoms with Crippen molar-refractivity contribution in [1.82, 2.24) is 5.32 Å². The maximum atomic E-state index is 14.7. The topological polar surface area (TPSA) is 112 Å². The number of hydrogen-bond donors (Lipinski definition) is 1. The monoisotopic (exact) mass is 523 g/mol. The molecule has 0 aromatic heterocycles. The molecule has 2 aliphatic rings. The Hall–Kier alpha value is -4.60. The smallest absolute Gasteiger partial charge is 0.305 e. The van der Waals surface area contributed by atoms with Crippen LogP contribution in [-0.2, 0) is 14.3 Å². The molecular formula is C28H23F2NO7. The SMILES string of the molecule is COC(=O)CC[C@@H](C=O)NC(=O)c1ccc(-c2c3cc(F)c(=O)cc-3oc3cc(OC)c(F)cc23)c(C)c1. The van der Waals surface area contributed by atoms with Crippen LogP contribution in [-0.4, -0.2) is 38.4 Å². The third-order valence-electron chi connectivity index (χ3n) is 6.17. The molecule has 0 spiro atoms. The van der Waals surface area contributed by atoms with Gasteiger partial charge in [0.1, 0.15) is 17.6 Å². The van der Waals surface area contributed by atoms with Gasteiger partial charge >= 0.3 is 5.97 Å². The molecule has 4 rings (SSSR count). The highest BCUT2D eigenvalue weighted by Crippen LogP contribution is 2.42. The van der Waals surface area contributed by atoms with Gasteiger partial charge < -0.3 is 24.0 Å². The van der Waals surface area contributed by atoms with Gasteiger partial charge in [-0.25, -0.2) is 8.78 Å². The van der Waals surface area contributed by atoms with Gasteiger partial charge in [0.15, 0.2) is 17.4 Å². The Bertz CT molecular complexity index is 1590. The number of esters is 1. The highest BCUT2D eigenvalue weighted by atomic mass is 19.1. The molecule has 0 unspecified atom stereocenters. The Morgan fingerprint density at radius 3 is 2.47 bits per heavy atom. The van der Waals surface area contributed by atoms with Gasteiger partial charge in [-0.15, -0.1) is 0 Å². The second-order valence-electron chi connectivity index (χ2n) is 8.60. The van der Waals surface area contributed by atoms with Gasteiger partial charge in [-0.05, 0) is 48.7 Å². The normalized spacial score (nSPS) is 11.8. The number of amides is 1. The predicted octanol–water partition coefficient (Wildman–Crippen LogP) is 4.41. The van der Waals surface area contributed by atoms with Gasteiger partial charge in [0.25, 0.3) is 5.91 Å². The van der Waals surface area contributed by atoms with Crippen LogP contribution in [0.1, 0.15) is 28.8 Å². The van der Waals surface area contributed by atoms with Crippen molar-refractivity contribution in [3.63, 3.8) is 0 Å². The highest BCUT2D eigenvalue weighted by molar-refractivity contribution is 6.04. The van der Waals surface area contributed by atoms with Crippen LogP contribution in [0.15, 0.2) is 51.7 Å². The van der Waals surface area contributed by atoms with Crippen LogP contribution in [0.4, 0.5) is 8.78 Å². The fourth-order valence-corrected chi connectivity index (χ4v) is 4.23. The molecule has 1 N–H and O–H groups in total. The lowest BCUT2D eigenvalue weighted by Crippen LogP contribution is -2.36. The van der Waals surface area contributed by atoms with Crippen molar-refractivity contribution in [2.45, 2.75) is 25.8 Å². The molecule has 0 saturated heterocycles. The van der Waals surface area contributed by atoms with Crippen LogP contribution in [0.3, 0.4) is 0 Å². The minimum Gasteiger partial charge on any atom is -0.494 e. The maximum absolute atomic E-state index is 14.7. The van der Waals surface area contributed by atoms with Crippen molar-refractivity contribution in [2.75, 3.05) is 14.2 Å². The molecule has 38 heavy (non-hydrogen) atoms. The lowest BCUT2D eigenvalue weighted by atomic mass is 9.90. The van der Waals surface area contributed by atoms with E-state index in [0.29, 0.717) is 28.4 Å². The number of nitrogens with one attached hydrogen (secondary N) is 1. The molecule has 10 heteroatoms. The summed E-state index contributed by atoms with van der Waals surface area (Å²) in [6.07, 6.45) is 0.572. The summed E-state index contributed by atoms with van der Waals surface area (Å²) in [5.41, 5.74) is 1.32. The van der Waals surface area contributed by atoms with Crippen LogP contribution in [0.25, 0.3) is 33.4 Å². The minimum absolute atomic E-state index is 0.0413. The van der Waals surface area contributed by atoms with Crippen molar-refractivity contribution >= 4 is 29.1 Å². The number of aldehydes is 1. The highest BCUT2D eigenvalue weighted by Gasteiger charge is 2.23. The molecule has 8 nitrogen and oxygen atoms in total. The van der Waals surface area contributed by atoms with Crippen LogP contribution < -0.4 is 15.5 Å². The fourth-order valence-electron chi connectivity index (χ4n) is 4.23. The van der Waals surface area contributed by atoms with E-state index in [4.69, 9.17) is 9.15 Å². The standard InChI is InChI=1S/C28H23F2NO7/c1-14-8-15(28(35)31-16(13-32)5-7-26(34)37-3)4-6-17(14)27-18-9-20(29)22(33)11-23(18)38-24-12-25(36-2)21(30)10-19(24)27/h4,6,8-13,16H,5,7H2,1-3H3,(H,31,35)/t16-/m0/s1. The van der Waals surface area contributed by atoms with E-state index in [0.717, 1.165) is 12.1 Å². The van der Waals surface area contributed by atoms with Crippen molar-refractivity contribution in [3.05, 3.63) is 75.4 Å². The molecule has 2 aromatic carbocycles. The van der Waals surface area contributed by atoms with E-state index in [-0.39, 0.29) is 41.1 Å². The summed E-state index contributed by atoms with van der Waals surface area (Å²) >= 11 is 0. The largest absolute Gasteiger partial charge is 0.494 e. The molecule has 1 aliphatic heterocycles. The van der Waals surface area contributed by atoms with E-state index in [2.05, 4.69) is 10.1 Å². The summed E-state index contributed by atoms with van der Waals surface area (Å²) < 4.78 is 44.5. The molecule has 0 fully saturated rings. The Morgan fingerprint density at radius 2 is 1.82 bits per heavy atom. The lowest BCUT2D eigenvalue weighted by Gasteiger charge is -2.18. The van der Waals surface area contributed by atoms with E-state index in [1.807, 2.05) is 0 Å². The zero-order valence-electron chi connectivity index (χ0n) is 20.7. The molecule has 1 amide bonds. The van der Waals surface area contributed by atoms with Crippen molar-refractivity contribution in [2.24, 2.45) is 0 Å². The number of aryl methyl sites for hydroxylation is 1. The molecule has 196 valence electrons. The average molecular weight is 523 g/mol. The zero-order valence-corrected chi connectivity index (χ0v) is 20.7. The fraction of sp³-hybridized carbons (Fsp3) is 0.214. The number of rotatable bonds is 8. The third kappa shape index (κ3) is 5.10. The van der Waals surface area contributed by atoms with E-state index >= 15 is 0 Å². The van der Waals surface area contributed by atoms with Crippen LogP contribution in [0, 0.1) is 18.6 Å². The maximum Gasteiger partial charge on any atom is 0.305 e. The molecule has 1 aliphatic carbocycles. The van der Waals surface area contributed by atoms with Crippen molar-refractivity contribution < 1.29 is 37.1 Å². The number of carbonyl (C=O) groups is 3. The first-order chi connectivity index (χ1) is 18.2. The van der Waals surface area contributed by atoms with Gasteiger partial charge in [0.05, 0.1) is 20.3 Å². The summed E-state index contributed by atoms with van der Waals surface area (Å²) in [6.45, 7) is 1.71. The number of hydrogen-bond acceptors (Lipinski definition) is 7. The summed E-state index contributed by atoms with van der Waals surface area (Å²) in [4.78, 5) is 47.5. The number of carbonyl (C=O) groups excluding carboxylic acids is 3. The molecule has 0 bridgehead atoms. The number of ether oxygens (including phenoxy) is 2. The van der Waals surface area contributed by atoms with Crippen molar-refractivity contribution in [1.29, 1.82) is 0 Å². The Labute approximate surface area is 215 Å². The molecule has 0 saturated carbocycles. The van der Waals surface area contributed by atoms with Crippen molar-refractivity contribution in [3.8, 4) is 28.2 Å². The number of halogens is 2. The average Bonchev–Trinajstić information content (AvgIpc) is 2.90. The minimum atomic E-state index is -0.997. The first kappa shape index (κ1) is 26.5. The zero-order chi connectivity index (χ0) is 27.6. The summed E-state index contributed by atoms with van der Waals surface area (Å²) in [6, 6.07) is 8.37. The second kappa shape index (κ2) is 10.8. The van der Waals surface area contributed by atoms with E-state index < -0.39 is 35.0 Å². The first-order valence-corrected chi connectivity index (χ1v) is 11.5. The van der Waals surface area contributed by atoms with Gasteiger partial charge in [0, 0.05) is 40.6 Å². The van der Waals surface area contributed by atoms with Gasteiger partial charge in [-0.1, -0.05) is 6.07 Å². The third-order valence-corrected chi connectivity index (χ3v) is 6.17. The molecule has 2 aromatic rings. The van der Waals surface area contributed by atoms with Gasteiger partial charge in [-0.2, -0.15) is 0 Å². The number of fused-ring (bicyclic) bond motifs is 2. The Kier molecular flexibility index (Phi) is 7.52. The van der Waals surface area contributed by atoms with Gasteiger partial charge in [0.2, 0.25) is 5.43 Å². The van der Waals surface area contributed by atoms with Gasteiger partial charge in [-0.3, -0.25) is 14.4 Å². The Balaban J connectivity index is 1.80. The predicted molar refractivity (Wildman–Crippen MR) is 134 cm³/mol. The summed E-state index contributed by atoms with van der Waals surface area (Å²) in [7, 11) is 2.53. The molecule has 1 heterocycles. The lowest BCUT2D eigenvalue weighted by molar-refractivity contribution is -0.140. The molecule has 1 atom stereocenters. The summed E-state index contributed by atoms with van der Waals surface area (Å²) in [5, 5.41) is 2.87. The number of methoxy groups -OCH3 is 2. The molecular weight excluding hydrogens is 500 g/mol. The second-order valence-corrected chi connectivity index (χ2v) is 8.60. The van der Waals surface area contributed by atoms with E-state index in [9.17, 15) is 28.0 Å². The van der Waals surface area contributed by atoms with Crippen LogP contribution in [0.5, 0.6) is 5.75 Å². The summed E-state index contributed by atoms with van der Waals surface area (Å²) in [5.74, 6) is -2.70. The number of benzene rings is 3. The van der Waals surface area contributed by atoms with E-state index in [1.54, 1.807) is 19.1 Å². The first-order valence-electron chi connectivity index (χ1n) is 11.5. The quantitative estimate of drug-likeness (QED) is 0.207. The molecule has 0 radical (unpaired) electrons.